The highest BCUT2D eigenvalue weighted by atomic mass is 16.5. The zero-order valence-electron chi connectivity index (χ0n) is 18.8. The van der Waals surface area contributed by atoms with Crippen molar-refractivity contribution in [1.29, 1.82) is 0 Å². The third-order valence-corrected chi connectivity index (χ3v) is 6.54. The van der Waals surface area contributed by atoms with Crippen molar-refractivity contribution in [3.8, 4) is 11.5 Å². The highest BCUT2D eigenvalue weighted by Crippen LogP contribution is 2.36. The standard InChI is InChI=1S/C27H26N2O4/c1-32-23-14-19-12-13-28(16-21(19)15-24(23)33-2)27(31)25(18-8-4-3-5-9-18)29-17-20-10-6-7-11-22(20)26(29)30/h3-11,14-15,25H,12-13,16-17H2,1-2H3. The molecule has 0 aromatic heterocycles. The van der Waals surface area contributed by atoms with E-state index in [1.54, 1.807) is 19.1 Å². The van der Waals surface area contributed by atoms with Crippen molar-refractivity contribution in [3.05, 3.63) is 94.5 Å². The molecule has 0 aliphatic carbocycles. The molecule has 3 aromatic carbocycles. The average Bonchev–Trinajstić information content (AvgIpc) is 3.19. The van der Waals surface area contributed by atoms with Gasteiger partial charge in [-0.2, -0.15) is 0 Å². The molecule has 0 radical (unpaired) electrons. The van der Waals surface area contributed by atoms with Crippen molar-refractivity contribution in [1.82, 2.24) is 9.80 Å². The molecule has 168 valence electrons. The van der Waals surface area contributed by atoms with Crippen molar-refractivity contribution < 1.29 is 19.1 Å². The number of hydrogen-bond donors (Lipinski definition) is 0. The third-order valence-electron chi connectivity index (χ3n) is 6.54. The van der Waals surface area contributed by atoms with Crippen LogP contribution in [0.5, 0.6) is 11.5 Å². The van der Waals surface area contributed by atoms with Crippen LogP contribution >= 0.6 is 0 Å². The van der Waals surface area contributed by atoms with Gasteiger partial charge in [0.05, 0.1) is 14.2 Å². The topological polar surface area (TPSA) is 59.1 Å². The summed E-state index contributed by atoms with van der Waals surface area (Å²) in [6.07, 6.45) is 0.719. The van der Waals surface area contributed by atoms with E-state index in [1.807, 2.05) is 71.6 Å². The predicted octanol–water partition coefficient (Wildman–Crippen LogP) is 3.99. The minimum absolute atomic E-state index is 0.0669. The maximum absolute atomic E-state index is 13.9. The van der Waals surface area contributed by atoms with E-state index in [1.165, 1.54) is 0 Å². The highest BCUT2D eigenvalue weighted by Gasteiger charge is 2.39. The van der Waals surface area contributed by atoms with Crippen LogP contribution in [0.1, 0.15) is 38.7 Å². The monoisotopic (exact) mass is 442 g/mol. The molecule has 5 rings (SSSR count). The lowest BCUT2D eigenvalue weighted by Gasteiger charge is -2.35. The van der Waals surface area contributed by atoms with Gasteiger partial charge in [-0.05, 0) is 46.9 Å². The number of amides is 2. The summed E-state index contributed by atoms with van der Waals surface area (Å²) in [6.45, 7) is 1.47. The molecule has 2 amide bonds. The van der Waals surface area contributed by atoms with Crippen LogP contribution in [0.3, 0.4) is 0 Å². The molecule has 0 N–H and O–H groups in total. The molecular weight excluding hydrogens is 416 g/mol. The summed E-state index contributed by atoms with van der Waals surface area (Å²) in [5.41, 5.74) is 4.64. The second kappa shape index (κ2) is 8.62. The molecule has 0 fully saturated rings. The smallest absolute Gasteiger partial charge is 0.255 e. The molecule has 0 saturated carbocycles. The Kier molecular flexibility index (Phi) is 5.50. The molecule has 2 aliphatic rings. The maximum Gasteiger partial charge on any atom is 0.255 e. The lowest BCUT2D eigenvalue weighted by Crippen LogP contribution is -2.45. The SMILES string of the molecule is COc1cc2c(cc1OC)CN(C(=O)C(c1ccccc1)N1Cc3ccccc3C1=O)CC2. The Labute approximate surface area is 193 Å². The van der Waals surface area contributed by atoms with Gasteiger partial charge in [0.1, 0.15) is 6.04 Å². The second-order valence-electron chi connectivity index (χ2n) is 8.39. The summed E-state index contributed by atoms with van der Waals surface area (Å²) in [6, 6.07) is 20.4. The number of carbonyl (C=O) groups excluding carboxylic acids is 2. The predicted molar refractivity (Wildman–Crippen MR) is 124 cm³/mol. The van der Waals surface area contributed by atoms with Crippen LogP contribution in [0.15, 0.2) is 66.7 Å². The first-order chi connectivity index (χ1) is 16.1. The Morgan fingerprint density at radius 2 is 1.52 bits per heavy atom. The van der Waals surface area contributed by atoms with Crippen molar-refractivity contribution in [2.45, 2.75) is 25.6 Å². The largest absolute Gasteiger partial charge is 0.493 e. The molecule has 1 unspecified atom stereocenters. The Bertz CT molecular complexity index is 1210. The van der Waals surface area contributed by atoms with Gasteiger partial charge in [0, 0.05) is 25.2 Å². The number of carbonyl (C=O) groups is 2. The summed E-state index contributed by atoms with van der Waals surface area (Å²) >= 11 is 0. The molecule has 0 bridgehead atoms. The van der Waals surface area contributed by atoms with Crippen molar-refractivity contribution in [2.24, 2.45) is 0 Å². The second-order valence-corrected chi connectivity index (χ2v) is 8.39. The first-order valence-electron chi connectivity index (χ1n) is 11.1. The molecule has 2 aliphatic heterocycles. The number of benzene rings is 3. The fourth-order valence-corrected chi connectivity index (χ4v) is 4.82. The first-order valence-corrected chi connectivity index (χ1v) is 11.1. The first kappa shape index (κ1) is 21.1. The number of nitrogens with zero attached hydrogens (tertiary/aromatic N) is 2. The van der Waals surface area contributed by atoms with E-state index in [4.69, 9.17) is 9.47 Å². The zero-order chi connectivity index (χ0) is 22.9. The maximum atomic E-state index is 13.9. The van der Waals surface area contributed by atoms with Crippen LogP contribution in [-0.2, 0) is 24.3 Å². The summed E-state index contributed by atoms with van der Waals surface area (Å²) in [4.78, 5) is 30.8. The normalized spacial score (nSPS) is 15.6. The lowest BCUT2D eigenvalue weighted by atomic mass is 9.96. The Morgan fingerprint density at radius 3 is 2.21 bits per heavy atom. The van der Waals surface area contributed by atoms with Gasteiger partial charge < -0.3 is 19.3 Å². The Hall–Kier alpha value is -3.80. The molecule has 1 atom stereocenters. The third kappa shape index (κ3) is 3.71. The minimum atomic E-state index is -0.673. The van der Waals surface area contributed by atoms with Crippen LogP contribution in [-0.4, -0.2) is 42.4 Å². The Balaban J connectivity index is 1.47. The summed E-state index contributed by atoms with van der Waals surface area (Å²) in [5.74, 6) is 1.17. The minimum Gasteiger partial charge on any atom is -0.493 e. The fraction of sp³-hybridized carbons (Fsp3) is 0.259. The van der Waals surface area contributed by atoms with E-state index in [0.29, 0.717) is 36.7 Å². The van der Waals surface area contributed by atoms with E-state index in [0.717, 1.165) is 28.7 Å². The zero-order valence-corrected chi connectivity index (χ0v) is 18.8. The van der Waals surface area contributed by atoms with Gasteiger partial charge in [-0.3, -0.25) is 9.59 Å². The average molecular weight is 443 g/mol. The number of rotatable bonds is 5. The fourth-order valence-electron chi connectivity index (χ4n) is 4.82. The van der Waals surface area contributed by atoms with E-state index in [2.05, 4.69) is 0 Å². The molecule has 2 heterocycles. The van der Waals surface area contributed by atoms with E-state index in [9.17, 15) is 9.59 Å². The van der Waals surface area contributed by atoms with Gasteiger partial charge in [-0.15, -0.1) is 0 Å². The van der Waals surface area contributed by atoms with Crippen molar-refractivity contribution in [2.75, 3.05) is 20.8 Å². The molecule has 6 heteroatoms. The molecular formula is C27H26N2O4. The van der Waals surface area contributed by atoms with Crippen molar-refractivity contribution in [3.63, 3.8) is 0 Å². The van der Waals surface area contributed by atoms with Gasteiger partial charge in [0.15, 0.2) is 11.5 Å². The van der Waals surface area contributed by atoms with E-state index in [-0.39, 0.29) is 11.8 Å². The van der Waals surface area contributed by atoms with Gasteiger partial charge >= 0.3 is 0 Å². The molecule has 33 heavy (non-hydrogen) atoms. The highest BCUT2D eigenvalue weighted by molar-refractivity contribution is 6.01. The summed E-state index contributed by atoms with van der Waals surface area (Å²) in [5, 5.41) is 0. The van der Waals surface area contributed by atoms with Gasteiger partial charge in [-0.1, -0.05) is 48.5 Å². The number of fused-ring (bicyclic) bond motifs is 2. The molecule has 3 aromatic rings. The van der Waals surface area contributed by atoms with Gasteiger partial charge in [0.2, 0.25) is 5.91 Å². The van der Waals surface area contributed by atoms with Crippen LogP contribution in [0, 0.1) is 0 Å². The molecule has 0 saturated heterocycles. The number of methoxy groups -OCH3 is 2. The quantitative estimate of drug-likeness (QED) is 0.600. The number of hydrogen-bond acceptors (Lipinski definition) is 4. The van der Waals surface area contributed by atoms with E-state index >= 15 is 0 Å². The Morgan fingerprint density at radius 1 is 0.848 bits per heavy atom. The number of ether oxygens (including phenoxy) is 2. The van der Waals surface area contributed by atoms with E-state index < -0.39 is 6.04 Å². The molecule has 6 nitrogen and oxygen atoms in total. The van der Waals surface area contributed by atoms with Crippen LogP contribution < -0.4 is 9.47 Å². The summed E-state index contributed by atoms with van der Waals surface area (Å²) < 4.78 is 10.9. The van der Waals surface area contributed by atoms with Gasteiger partial charge in [0.25, 0.3) is 5.91 Å². The molecule has 0 spiro atoms. The van der Waals surface area contributed by atoms with Crippen molar-refractivity contribution >= 4 is 11.8 Å². The van der Waals surface area contributed by atoms with Crippen LogP contribution in [0.25, 0.3) is 0 Å². The van der Waals surface area contributed by atoms with Crippen LogP contribution in [0.4, 0.5) is 0 Å². The van der Waals surface area contributed by atoms with Crippen LogP contribution in [0.2, 0.25) is 0 Å². The van der Waals surface area contributed by atoms with Gasteiger partial charge in [-0.25, -0.2) is 0 Å². The summed E-state index contributed by atoms with van der Waals surface area (Å²) in [7, 11) is 3.23. The lowest BCUT2D eigenvalue weighted by molar-refractivity contribution is -0.137.